The van der Waals surface area contributed by atoms with Gasteiger partial charge in [0.2, 0.25) is 0 Å². The normalized spacial score (nSPS) is 19.0. The number of hydrogen-bond donors (Lipinski definition) is 0. The predicted octanol–water partition coefficient (Wildman–Crippen LogP) is 5.52. The molecule has 0 rings (SSSR count). The molecule has 0 nitrogen and oxygen atoms in total. The molecule has 0 fully saturated rings. The van der Waals surface area contributed by atoms with E-state index < -0.39 is 0 Å². The smallest absolute Gasteiger partial charge is 0.0300 e. The Kier molecular flexibility index (Phi) is 5.37. The van der Waals surface area contributed by atoms with Crippen molar-refractivity contribution in [2.24, 2.45) is 22.7 Å². The lowest BCUT2D eigenvalue weighted by Gasteiger charge is -2.40. The van der Waals surface area contributed by atoms with Crippen LogP contribution in [0.2, 0.25) is 0 Å². The summed E-state index contributed by atoms with van der Waals surface area (Å²) >= 11 is 0. The first-order chi connectivity index (χ1) is 6.63. The van der Waals surface area contributed by atoms with Crippen molar-refractivity contribution in [1.82, 2.24) is 0 Å². The van der Waals surface area contributed by atoms with Crippen LogP contribution in [0.3, 0.4) is 0 Å². The Hall–Kier alpha value is 0. The summed E-state index contributed by atoms with van der Waals surface area (Å²) in [4.78, 5) is 0. The van der Waals surface area contributed by atoms with Crippen LogP contribution in [0.15, 0.2) is 0 Å². The molecule has 92 valence electrons. The zero-order valence-corrected chi connectivity index (χ0v) is 12.3. The van der Waals surface area contributed by atoms with Crippen molar-refractivity contribution in [1.29, 1.82) is 0 Å². The highest BCUT2D eigenvalue weighted by molar-refractivity contribution is 4.83. The Morgan fingerprint density at radius 2 is 1.40 bits per heavy atom. The molecule has 0 aliphatic rings. The summed E-state index contributed by atoms with van der Waals surface area (Å²) in [6.45, 7) is 19.1. The van der Waals surface area contributed by atoms with E-state index in [1.165, 1.54) is 19.3 Å². The Morgan fingerprint density at radius 3 is 1.67 bits per heavy atom. The van der Waals surface area contributed by atoms with Gasteiger partial charge in [0.25, 0.3) is 0 Å². The molecule has 15 heavy (non-hydrogen) atoms. The lowest BCUT2D eigenvalue weighted by Crippen LogP contribution is -2.30. The van der Waals surface area contributed by atoms with Crippen molar-refractivity contribution < 1.29 is 0 Å². The van der Waals surface area contributed by atoms with E-state index >= 15 is 0 Å². The first-order valence-corrected chi connectivity index (χ1v) is 6.63. The van der Waals surface area contributed by atoms with Crippen molar-refractivity contribution in [3.8, 4) is 0 Å². The van der Waals surface area contributed by atoms with E-state index in [1.54, 1.807) is 0 Å². The third kappa shape index (κ3) is 4.57. The molecule has 0 aliphatic carbocycles. The van der Waals surface area contributed by atoms with Gasteiger partial charge in [0.1, 0.15) is 0 Å². The van der Waals surface area contributed by atoms with E-state index in [0.717, 1.165) is 11.8 Å². The van der Waals surface area contributed by atoms with Crippen LogP contribution in [-0.2, 0) is 0 Å². The molecule has 0 aromatic carbocycles. The Morgan fingerprint density at radius 1 is 0.933 bits per heavy atom. The van der Waals surface area contributed by atoms with Gasteiger partial charge in [0.15, 0.2) is 0 Å². The molecule has 0 heteroatoms. The van der Waals surface area contributed by atoms with Gasteiger partial charge in [0.05, 0.1) is 0 Å². The number of hydrogen-bond acceptors (Lipinski definition) is 0. The molecule has 0 heterocycles. The Bertz CT molecular complexity index is 173. The highest BCUT2D eigenvalue weighted by atomic mass is 14.4. The summed E-state index contributed by atoms with van der Waals surface area (Å²) in [7, 11) is 0. The fraction of sp³-hybridized carbons (Fsp3) is 1.00. The van der Waals surface area contributed by atoms with Crippen LogP contribution < -0.4 is 0 Å². The maximum atomic E-state index is 2.48. The van der Waals surface area contributed by atoms with Crippen molar-refractivity contribution >= 4 is 0 Å². The molecule has 0 saturated heterocycles. The average Bonchev–Trinajstić information content (AvgIpc) is 2.02. The lowest BCUT2D eigenvalue weighted by molar-refractivity contribution is 0.104. The summed E-state index contributed by atoms with van der Waals surface area (Å²) in [6, 6.07) is 0. The van der Waals surface area contributed by atoms with Crippen LogP contribution in [0.25, 0.3) is 0 Å². The fourth-order valence-corrected chi connectivity index (χ4v) is 2.20. The van der Waals surface area contributed by atoms with E-state index in [1.807, 2.05) is 0 Å². The van der Waals surface area contributed by atoms with Crippen LogP contribution in [-0.4, -0.2) is 0 Å². The molecule has 0 saturated carbocycles. The first kappa shape index (κ1) is 15.0. The third-order valence-electron chi connectivity index (χ3n) is 4.47. The predicted molar refractivity (Wildman–Crippen MR) is 71.1 cm³/mol. The van der Waals surface area contributed by atoms with Gasteiger partial charge in [-0.1, -0.05) is 61.8 Å². The van der Waals surface area contributed by atoms with Crippen molar-refractivity contribution in [2.75, 3.05) is 0 Å². The van der Waals surface area contributed by atoms with E-state index in [2.05, 4.69) is 55.4 Å². The van der Waals surface area contributed by atoms with Crippen molar-refractivity contribution in [2.45, 2.75) is 74.7 Å². The van der Waals surface area contributed by atoms with Gasteiger partial charge in [-0.3, -0.25) is 0 Å². The molecule has 0 spiro atoms. The minimum Gasteiger partial charge on any atom is -0.0654 e. The van der Waals surface area contributed by atoms with Crippen molar-refractivity contribution in [3.05, 3.63) is 0 Å². The maximum Gasteiger partial charge on any atom is -0.0300 e. The SMILES string of the molecule is CCCC(C)(CC(C)C(C)(C)C)C(C)C. The zero-order chi connectivity index (χ0) is 12.3. The molecular weight excluding hydrogens is 180 g/mol. The van der Waals surface area contributed by atoms with Crippen LogP contribution in [0.1, 0.15) is 74.7 Å². The highest BCUT2D eigenvalue weighted by Crippen LogP contribution is 2.43. The molecule has 2 unspecified atom stereocenters. The summed E-state index contributed by atoms with van der Waals surface area (Å²) in [5, 5.41) is 0. The first-order valence-electron chi connectivity index (χ1n) is 6.63. The van der Waals surface area contributed by atoms with Gasteiger partial charge in [-0.15, -0.1) is 0 Å². The highest BCUT2D eigenvalue weighted by Gasteiger charge is 2.32. The standard InChI is InChI=1S/C15H32/c1-9-10-15(8,12(2)3)11-13(4)14(5,6)7/h12-13H,9-11H2,1-8H3. The van der Waals surface area contributed by atoms with E-state index in [9.17, 15) is 0 Å². The Labute approximate surface area is 97.8 Å². The zero-order valence-electron chi connectivity index (χ0n) is 12.3. The van der Waals surface area contributed by atoms with Crippen LogP contribution in [0.4, 0.5) is 0 Å². The molecule has 0 radical (unpaired) electrons. The monoisotopic (exact) mass is 212 g/mol. The van der Waals surface area contributed by atoms with E-state index in [0.29, 0.717) is 10.8 Å². The summed E-state index contributed by atoms with van der Waals surface area (Å²) in [5.41, 5.74) is 0.978. The molecule has 0 amide bonds. The van der Waals surface area contributed by atoms with Gasteiger partial charge in [0, 0.05) is 0 Å². The quantitative estimate of drug-likeness (QED) is 0.563. The molecule has 0 N–H and O–H groups in total. The Balaban J connectivity index is 4.55. The van der Waals surface area contributed by atoms with Gasteiger partial charge in [-0.05, 0) is 35.5 Å². The van der Waals surface area contributed by atoms with Gasteiger partial charge < -0.3 is 0 Å². The minimum absolute atomic E-state index is 0.448. The van der Waals surface area contributed by atoms with Gasteiger partial charge in [-0.25, -0.2) is 0 Å². The fourth-order valence-electron chi connectivity index (χ4n) is 2.20. The van der Waals surface area contributed by atoms with Crippen LogP contribution >= 0.6 is 0 Å². The number of rotatable bonds is 5. The lowest BCUT2D eigenvalue weighted by atomic mass is 9.65. The van der Waals surface area contributed by atoms with E-state index in [-0.39, 0.29) is 0 Å². The van der Waals surface area contributed by atoms with Crippen LogP contribution in [0, 0.1) is 22.7 Å². The van der Waals surface area contributed by atoms with Crippen molar-refractivity contribution in [3.63, 3.8) is 0 Å². The molecular formula is C15H32. The second-order valence-corrected chi connectivity index (χ2v) is 7.03. The van der Waals surface area contributed by atoms with Gasteiger partial charge >= 0.3 is 0 Å². The second kappa shape index (κ2) is 5.37. The third-order valence-corrected chi connectivity index (χ3v) is 4.47. The summed E-state index contributed by atoms with van der Waals surface area (Å²) in [5.74, 6) is 1.60. The largest absolute Gasteiger partial charge is 0.0654 e. The summed E-state index contributed by atoms with van der Waals surface area (Å²) < 4.78 is 0. The molecule has 0 aromatic heterocycles. The second-order valence-electron chi connectivity index (χ2n) is 7.03. The summed E-state index contributed by atoms with van der Waals surface area (Å²) in [6.07, 6.45) is 4.04. The van der Waals surface area contributed by atoms with Crippen LogP contribution in [0.5, 0.6) is 0 Å². The molecule has 0 aliphatic heterocycles. The van der Waals surface area contributed by atoms with E-state index in [4.69, 9.17) is 0 Å². The minimum atomic E-state index is 0.448. The average molecular weight is 212 g/mol. The molecule has 0 bridgehead atoms. The molecule has 0 aromatic rings. The maximum absolute atomic E-state index is 2.48. The molecule has 2 atom stereocenters. The topological polar surface area (TPSA) is 0 Å². The van der Waals surface area contributed by atoms with Gasteiger partial charge in [-0.2, -0.15) is 0 Å².